The van der Waals surface area contributed by atoms with Crippen molar-refractivity contribution in [3.8, 4) is 23.1 Å². The van der Waals surface area contributed by atoms with Crippen molar-refractivity contribution in [1.82, 2.24) is 14.8 Å². The summed E-state index contributed by atoms with van der Waals surface area (Å²) >= 11 is 0.896. The Bertz CT molecular complexity index is 4090. The van der Waals surface area contributed by atoms with E-state index in [1.165, 1.54) is 25.1 Å². The number of aryl methyl sites for hydroxylation is 1. The van der Waals surface area contributed by atoms with Gasteiger partial charge in [0.05, 0.1) is 50.0 Å². The first-order chi connectivity index (χ1) is 34.4. The molecule has 0 saturated carbocycles. The van der Waals surface area contributed by atoms with Gasteiger partial charge in [0.15, 0.2) is 11.4 Å². The molecule has 386 valence electrons. The van der Waals surface area contributed by atoms with Gasteiger partial charge in [0.2, 0.25) is 16.7 Å². The molecule has 2 aromatic heterocycles. The van der Waals surface area contributed by atoms with Crippen molar-refractivity contribution in [2.24, 2.45) is 30.7 Å². The summed E-state index contributed by atoms with van der Waals surface area (Å²) in [4.78, 5) is 36.7. The highest BCUT2D eigenvalue weighted by Gasteiger charge is 2.30. The van der Waals surface area contributed by atoms with Gasteiger partial charge in [-0.1, -0.05) is 11.3 Å². The number of azo groups is 3. The van der Waals surface area contributed by atoms with Gasteiger partial charge in [-0.25, -0.2) is 19.4 Å². The summed E-state index contributed by atoms with van der Waals surface area (Å²) in [5, 5.41) is 76.6. The third-order valence-electron chi connectivity index (χ3n) is 9.88. The molecule has 2 heterocycles. The fourth-order valence-electron chi connectivity index (χ4n) is 6.61. The predicted octanol–water partition coefficient (Wildman–Crippen LogP) is 7.09. The maximum absolute atomic E-state index is 13.0. The van der Waals surface area contributed by atoms with Gasteiger partial charge in [-0.3, -0.25) is 18.2 Å². The number of hydrogen-bond acceptors (Lipinski definition) is 23. The smallest absolute Gasteiger partial charge is 0.358 e. The van der Waals surface area contributed by atoms with Crippen molar-refractivity contribution < 1.29 is 96.5 Å². The van der Waals surface area contributed by atoms with Crippen molar-refractivity contribution in [3.05, 3.63) is 89.1 Å². The highest BCUT2D eigenvalue weighted by molar-refractivity contribution is 7.86. The molecule has 0 fully saturated rings. The molecule has 9 N–H and O–H groups in total. The lowest BCUT2D eigenvalue weighted by molar-refractivity contribution is 0.0678. The second-order valence-electron chi connectivity index (χ2n) is 14.9. The number of ether oxygens (including phenoxy) is 1. The fraction of sp³-hybridized carbons (Fsp3) is 0.103. The highest BCUT2D eigenvalue weighted by atomic mass is 32.2. The maximum atomic E-state index is 13.0. The van der Waals surface area contributed by atoms with E-state index in [1.54, 1.807) is 0 Å². The van der Waals surface area contributed by atoms with Crippen LogP contribution >= 0.6 is 11.3 Å². The van der Waals surface area contributed by atoms with Gasteiger partial charge in [0.1, 0.15) is 32.6 Å². The van der Waals surface area contributed by atoms with Crippen molar-refractivity contribution in [2.45, 2.75) is 28.0 Å². The van der Waals surface area contributed by atoms with Gasteiger partial charge >= 0.3 is 17.9 Å². The van der Waals surface area contributed by atoms with E-state index in [4.69, 9.17) is 4.74 Å². The van der Waals surface area contributed by atoms with E-state index in [0.717, 1.165) is 53.8 Å². The largest absolute Gasteiger partial charge is 0.505 e. The Morgan fingerprint density at radius 2 is 1.30 bits per heavy atom. The lowest BCUT2D eigenvalue weighted by Gasteiger charge is -2.13. The third kappa shape index (κ3) is 11.6. The number of rotatable bonds is 18. The first-order valence-corrected chi connectivity index (χ1v) is 26.5. The molecule has 35 heteroatoms. The molecule has 74 heavy (non-hydrogen) atoms. The van der Waals surface area contributed by atoms with E-state index in [-0.39, 0.29) is 34.2 Å². The minimum Gasteiger partial charge on any atom is -0.505 e. The number of aromatic nitrogens is 3. The predicted molar refractivity (Wildman–Crippen MR) is 251 cm³/mol. The summed E-state index contributed by atoms with van der Waals surface area (Å²) in [6.45, 7) is 1.06. The van der Waals surface area contributed by atoms with Crippen LogP contribution in [0.1, 0.15) is 43.2 Å². The number of aromatic carboxylic acids is 3. The average molecular weight is 1120 g/mol. The molecule has 5 aromatic carbocycles. The molecular formula is C39H29N9O21S5. The van der Waals surface area contributed by atoms with Crippen LogP contribution in [0, 0.1) is 6.92 Å². The Kier molecular flexibility index (Phi) is 14.4. The number of aromatic hydroxyl groups is 2. The molecule has 7 aromatic rings. The topological polar surface area (TPSA) is 484 Å². The molecule has 0 saturated heterocycles. The Hall–Kier alpha value is -8.29. The van der Waals surface area contributed by atoms with Crippen LogP contribution in [0.15, 0.2) is 112 Å². The molecule has 0 amide bonds. The van der Waals surface area contributed by atoms with Crippen LogP contribution in [0.25, 0.3) is 26.7 Å². The van der Waals surface area contributed by atoms with Crippen molar-refractivity contribution in [3.63, 3.8) is 0 Å². The van der Waals surface area contributed by atoms with Crippen LogP contribution in [0.4, 0.5) is 33.6 Å². The highest BCUT2D eigenvalue weighted by Crippen LogP contribution is 2.47. The lowest BCUT2D eigenvalue weighted by Crippen LogP contribution is -2.08. The van der Waals surface area contributed by atoms with Gasteiger partial charge < -0.3 is 30.3 Å². The van der Waals surface area contributed by atoms with E-state index < -0.39 is 147 Å². The Morgan fingerprint density at radius 3 is 1.89 bits per heavy atom. The summed E-state index contributed by atoms with van der Waals surface area (Å²) < 4.78 is 143. The van der Waals surface area contributed by atoms with Gasteiger partial charge in [0.25, 0.3) is 40.5 Å². The number of hydrogen-bond donors (Lipinski definition) is 9. The van der Waals surface area contributed by atoms with Gasteiger partial charge in [-0.15, -0.1) is 30.7 Å². The van der Waals surface area contributed by atoms with Crippen LogP contribution in [0.2, 0.25) is 0 Å². The average Bonchev–Trinajstić information content (AvgIpc) is 3.87. The standard InChI is InChI=1S/C39H29N9O21S5/c1-16-9-26(27(69-7-2-8-71(57,58)59)15-25(16)42-46-39-40-23-5-3-20(72(60,61)62)13-28(23)70-39)43-44-30-29(73(63,64)65)14-22-21(33(30)49)4-6-24(34(22)74(66,67)68)41-45-31-32(38(55)56)47-48(35(31)50)19-11-17(36(51)52)10-18(12-19)37(53)54/h3-6,9-15,49-50H,2,7-8H2,1H3,(H,51,52)(H,53,54)(H,55,56)(H,57,58,59)(H,60,61,62)(H,63,64,65)(H,66,67,68). The number of fused-ring (bicyclic) bond motifs is 2. The maximum Gasteiger partial charge on any atom is 0.358 e. The zero-order valence-electron chi connectivity index (χ0n) is 36.5. The molecule has 0 atom stereocenters. The van der Waals surface area contributed by atoms with E-state index in [2.05, 4.69) is 40.8 Å². The molecular weight excluding hydrogens is 1090 g/mol. The zero-order chi connectivity index (χ0) is 54.4. The van der Waals surface area contributed by atoms with E-state index in [9.17, 15) is 91.8 Å². The van der Waals surface area contributed by atoms with Crippen molar-refractivity contribution >= 4 is 124 Å². The number of carbonyl (C=O) groups is 3. The monoisotopic (exact) mass is 1120 g/mol. The second-order valence-corrected chi connectivity index (χ2v) is 21.7. The van der Waals surface area contributed by atoms with Gasteiger partial charge in [0, 0.05) is 16.8 Å². The van der Waals surface area contributed by atoms with Crippen LogP contribution in [0.5, 0.6) is 17.4 Å². The molecule has 7 rings (SSSR count). The van der Waals surface area contributed by atoms with Gasteiger partial charge in [-0.05, 0) is 79.6 Å². The number of phenols is 1. The number of carboxylic acid groups (broad SMARTS) is 3. The number of thiazole rings is 1. The normalized spacial score (nSPS) is 12.7. The summed E-state index contributed by atoms with van der Waals surface area (Å²) in [5.41, 5.74) is -5.62. The molecule has 0 radical (unpaired) electrons. The molecule has 0 spiro atoms. The van der Waals surface area contributed by atoms with Crippen LogP contribution in [-0.4, -0.2) is 122 Å². The van der Waals surface area contributed by atoms with Crippen LogP contribution in [-0.2, 0) is 40.5 Å². The summed E-state index contributed by atoms with van der Waals surface area (Å²) in [7, 11) is -20.2. The zero-order valence-corrected chi connectivity index (χ0v) is 40.5. The molecule has 0 aliphatic carbocycles. The summed E-state index contributed by atoms with van der Waals surface area (Å²) in [6, 6.07) is 10.4. The van der Waals surface area contributed by atoms with E-state index in [1.807, 2.05) is 0 Å². The summed E-state index contributed by atoms with van der Waals surface area (Å²) in [6.07, 6.45) is -0.294. The molecule has 0 unspecified atom stereocenters. The molecule has 0 bridgehead atoms. The fourth-order valence-corrected chi connectivity index (χ4v) is 9.97. The quantitative estimate of drug-likeness (QED) is 0.0235. The van der Waals surface area contributed by atoms with Crippen LogP contribution < -0.4 is 4.74 Å². The Balaban J connectivity index is 1.32. The minimum absolute atomic E-state index is 0.0172. The number of benzene rings is 5. The summed E-state index contributed by atoms with van der Waals surface area (Å²) in [5.74, 6) is -8.61. The number of phenolic OH excluding ortho intramolecular Hbond substituents is 1. The molecule has 0 aliphatic rings. The van der Waals surface area contributed by atoms with E-state index >= 15 is 0 Å². The second kappa shape index (κ2) is 20.0. The van der Waals surface area contributed by atoms with E-state index in [0.29, 0.717) is 21.0 Å². The first-order valence-electron chi connectivity index (χ1n) is 19.7. The lowest BCUT2D eigenvalue weighted by atomic mass is 10.1. The third-order valence-corrected chi connectivity index (χ3v) is 14.3. The Morgan fingerprint density at radius 1 is 0.662 bits per heavy atom. The Labute approximate surface area is 416 Å². The molecule has 0 aliphatic heterocycles. The van der Waals surface area contributed by atoms with Crippen molar-refractivity contribution in [2.75, 3.05) is 12.4 Å². The number of nitrogens with zero attached hydrogens (tertiary/aromatic N) is 9. The number of carboxylic acids is 3. The minimum atomic E-state index is -5.61. The SMILES string of the molecule is Cc1cc(N=Nc2c(S(=O)(=O)O)cc3c(S(=O)(=O)O)c(N=Nc4c(C(=O)O)nn(-c5cc(C(=O)O)cc(C(=O)O)c5)c4O)ccc3c2O)c(OCCCS(=O)(=O)O)cc1N=Nc1nc2ccc(S(=O)(=O)O)cc2s1. The molecule has 30 nitrogen and oxygen atoms in total. The van der Waals surface area contributed by atoms with Gasteiger partial charge in [-0.2, -0.15) is 43.5 Å². The van der Waals surface area contributed by atoms with Crippen molar-refractivity contribution in [1.29, 1.82) is 0 Å². The van der Waals surface area contributed by atoms with Crippen LogP contribution in [0.3, 0.4) is 0 Å². The first kappa shape index (κ1) is 53.5.